The second kappa shape index (κ2) is 12.5. The molecule has 1 heterocycles. The number of ether oxygens (including phenoxy) is 1. The van der Waals surface area contributed by atoms with Crippen molar-refractivity contribution in [3.63, 3.8) is 0 Å². The van der Waals surface area contributed by atoms with E-state index in [9.17, 15) is 9.18 Å². The van der Waals surface area contributed by atoms with Crippen molar-refractivity contribution in [3.8, 4) is 5.75 Å². The molecular weight excluding hydrogens is 524 g/mol. The van der Waals surface area contributed by atoms with Gasteiger partial charge in [0.1, 0.15) is 11.6 Å². The summed E-state index contributed by atoms with van der Waals surface area (Å²) in [5.41, 5.74) is 1.92. The minimum atomic E-state index is -0.380. The van der Waals surface area contributed by atoms with E-state index in [0.29, 0.717) is 30.2 Å². The van der Waals surface area contributed by atoms with E-state index in [4.69, 9.17) is 4.74 Å². The summed E-state index contributed by atoms with van der Waals surface area (Å²) in [5, 5.41) is 9.43. The number of halogens is 2. The fraction of sp³-hybridized carbons (Fsp3) is 0.391. The lowest BCUT2D eigenvalue weighted by Crippen LogP contribution is -2.46. The average Bonchev–Trinajstić information content (AvgIpc) is 3.25. The lowest BCUT2D eigenvalue weighted by molar-refractivity contribution is 0.0954. The fourth-order valence-electron chi connectivity index (χ4n) is 3.57. The molecule has 1 aliphatic rings. The molecule has 32 heavy (non-hydrogen) atoms. The number of benzene rings is 2. The van der Waals surface area contributed by atoms with Gasteiger partial charge in [0, 0.05) is 44.8 Å². The van der Waals surface area contributed by atoms with Gasteiger partial charge < -0.3 is 25.6 Å². The van der Waals surface area contributed by atoms with E-state index in [1.807, 2.05) is 18.2 Å². The summed E-state index contributed by atoms with van der Waals surface area (Å²) in [4.78, 5) is 18.7. The van der Waals surface area contributed by atoms with E-state index >= 15 is 0 Å². The molecule has 174 valence electrons. The third-order valence-electron chi connectivity index (χ3n) is 5.32. The summed E-state index contributed by atoms with van der Waals surface area (Å²) in [7, 11) is 3.40. The minimum absolute atomic E-state index is 0. The van der Waals surface area contributed by atoms with Crippen molar-refractivity contribution in [1.82, 2.24) is 16.0 Å². The number of nitrogens with one attached hydrogen (secondary N) is 3. The van der Waals surface area contributed by atoms with E-state index in [1.54, 1.807) is 33.2 Å². The molecule has 2 aromatic rings. The van der Waals surface area contributed by atoms with Gasteiger partial charge >= 0.3 is 0 Å². The first-order valence-corrected chi connectivity index (χ1v) is 10.4. The maximum absolute atomic E-state index is 13.6. The number of anilines is 1. The lowest BCUT2D eigenvalue weighted by atomic mass is 10.1. The van der Waals surface area contributed by atoms with E-state index in [-0.39, 0.29) is 41.7 Å². The van der Waals surface area contributed by atoms with Crippen molar-refractivity contribution < 1.29 is 13.9 Å². The number of rotatable bonds is 7. The van der Waals surface area contributed by atoms with Crippen LogP contribution in [0, 0.1) is 12.7 Å². The van der Waals surface area contributed by atoms with Crippen LogP contribution >= 0.6 is 24.0 Å². The van der Waals surface area contributed by atoms with Gasteiger partial charge in [0.25, 0.3) is 5.91 Å². The van der Waals surface area contributed by atoms with Crippen molar-refractivity contribution in [2.75, 3.05) is 45.2 Å². The van der Waals surface area contributed by atoms with Gasteiger partial charge in [-0.05, 0) is 43.2 Å². The van der Waals surface area contributed by atoms with Crippen molar-refractivity contribution in [2.45, 2.75) is 19.4 Å². The molecule has 1 amide bonds. The smallest absolute Gasteiger partial charge is 0.251 e. The molecule has 9 heteroatoms. The number of methoxy groups -OCH3 is 1. The Labute approximate surface area is 205 Å². The highest BCUT2D eigenvalue weighted by atomic mass is 127. The highest BCUT2D eigenvalue weighted by Gasteiger charge is 2.25. The number of carbonyl (C=O) groups is 1. The Morgan fingerprint density at radius 1 is 1.22 bits per heavy atom. The fourth-order valence-corrected chi connectivity index (χ4v) is 3.57. The van der Waals surface area contributed by atoms with Crippen molar-refractivity contribution in [1.29, 1.82) is 0 Å². The molecule has 0 radical (unpaired) electrons. The third-order valence-corrected chi connectivity index (χ3v) is 5.32. The van der Waals surface area contributed by atoms with Crippen molar-refractivity contribution in [3.05, 3.63) is 59.4 Å². The Morgan fingerprint density at radius 3 is 2.69 bits per heavy atom. The number of guanidine groups is 1. The molecule has 3 rings (SSSR count). The van der Waals surface area contributed by atoms with Crippen LogP contribution in [0.3, 0.4) is 0 Å². The Hall–Kier alpha value is -2.56. The predicted molar refractivity (Wildman–Crippen MR) is 137 cm³/mol. The van der Waals surface area contributed by atoms with Crippen LogP contribution in [0.1, 0.15) is 22.3 Å². The zero-order chi connectivity index (χ0) is 22.2. The number of para-hydroxylation sites is 2. The second-order valence-electron chi connectivity index (χ2n) is 7.47. The van der Waals surface area contributed by atoms with Gasteiger partial charge in [-0.2, -0.15) is 0 Å². The quantitative estimate of drug-likeness (QED) is 0.212. The molecule has 0 aromatic heterocycles. The van der Waals surface area contributed by atoms with Crippen LogP contribution in [-0.4, -0.2) is 58.2 Å². The van der Waals surface area contributed by atoms with Crippen LogP contribution in [0.25, 0.3) is 0 Å². The average molecular weight is 555 g/mol. The summed E-state index contributed by atoms with van der Waals surface area (Å²) in [6, 6.07) is 12.7. The van der Waals surface area contributed by atoms with Gasteiger partial charge in [0.15, 0.2) is 5.96 Å². The van der Waals surface area contributed by atoms with E-state index in [0.717, 1.165) is 30.9 Å². The summed E-state index contributed by atoms with van der Waals surface area (Å²) in [5.74, 6) is 0.873. The highest BCUT2D eigenvalue weighted by Crippen LogP contribution is 2.30. The Balaban J connectivity index is 0.00000363. The lowest BCUT2D eigenvalue weighted by Gasteiger charge is -2.22. The number of nitrogens with zero attached hydrogens (tertiary/aromatic N) is 2. The number of carbonyl (C=O) groups excluding carboxylic acids is 1. The minimum Gasteiger partial charge on any atom is -0.495 e. The number of aliphatic imine (C=N–C) groups is 1. The van der Waals surface area contributed by atoms with Crippen LogP contribution in [0.5, 0.6) is 5.75 Å². The normalized spacial score (nSPS) is 15.7. The van der Waals surface area contributed by atoms with Crippen LogP contribution in [0.4, 0.5) is 10.1 Å². The Morgan fingerprint density at radius 2 is 1.97 bits per heavy atom. The van der Waals surface area contributed by atoms with E-state index in [2.05, 4.69) is 31.9 Å². The van der Waals surface area contributed by atoms with E-state index in [1.165, 1.54) is 6.07 Å². The molecule has 1 saturated heterocycles. The van der Waals surface area contributed by atoms with Crippen LogP contribution < -0.4 is 25.6 Å². The second-order valence-corrected chi connectivity index (χ2v) is 7.47. The van der Waals surface area contributed by atoms with Gasteiger partial charge in [0.05, 0.1) is 12.8 Å². The number of aryl methyl sites for hydroxylation is 1. The Kier molecular flexibility index (Phi) is 10.0. The first-order valence-electron chi connectivity index (χ1n) is 10.4. The zero-order valence-electron chi connectivity index (χ0n) is 18.7. The number of amides is 1. The van der Waals surface area contributed by atoms with Crippen LogP contribution in [0.2, 0.25) is 0 Å². The largest absolute Gasteiger partial charge is 0.495 e. The molecule has 2 aromatic carbocycles. The van der Waals surface area contributed by atoms with Gasteiger partial charge in [-0.25, -0.2) is 4.39 Å². The van der Waals surface area contributed by atoms with Crippen molar-refractivity contribution in [2.24, 2.45) is 4.99 Å². The summed E-state index contributed by atoms with van der Waals surface area (Å²) < 4.78 is 19.1. The van der Waals surface area contributed by atoms with Crippen molar-refractivity contribution >= 4 is 41.5 Å². The van der Waals surface area contributed by atoms with E-state index < -0.39 is 0 Å². The van der Waals surface area contributed by atoms with Gasteiger partial charge in [0.2, 0.25) is 0 Å². The molecule has 0 saturated carbocycles. The molecule has 0 aliphatic carbocycles. The predicted octanol–water partition coefficient (Wildman–Crippen LogP) is 2.93. The molecule has 1 aliphatic heterocycles. The van der Waals surface area contributed by atoms with Gasteiger partial charge in [-0.1, -0.05) is 18.2 Å². The number of hydrogen-bond acceptors (Lipinski definition) is 4. The SMILES string of the molecule is CN=C(NCCNC(=O)c1ccc(C)c(F)c1)NC1CCN(c2ccccc2OC)C1.I. The molecular formula is C23H31FIN5O2. The first kappa shape index (κ1) is 25.7. The van der Waals surface area contributed by atoms with Gasteiger partial charge in [-0.15, -0.1) is 24.0 Å². The van der Waals surface area contributed by atoms with Crippen LogP contribution in [0.15, 0.2) is 47.5 Å². The maximum atomic E-state index is 13.6. The first-order chi connectivity index (χ1) is 15.0. The topological polar surface area (TPSA) is 78.0 Å². The number of hydrogen-bond donors (Lipinski definition) is 3. The molecule has 1 atom stereocenters. The van der Waals surface area contributed by atoms with Gasteiger partial charge in [-0.3, -0.25) is 9.79 Å². The molecule has 0 spiro atoms. The van der Waals surface area contributed by atoms with Crippen LogP contribution in [-0.2, 0) is 0 Å². The highest BCUT2D eigenvalue weighted by molar-refractivity contribution is 14.0. The molecule has 1 unspecified atom stereocenters. The molecule has 0 bridgehead atoms. The zero-order valence-corrected chi connectivity index (χ0v) is 21.0. The monoisotopic (exact) mass is 555 g/mol. The summed E-state index contributed by atoms with van der Waals surface area (Å²) in [6.07, 6.45) is 0.981. The third kappa shape index (κ3) is 6.72. The standard InChI is InChI=1S/C23H30FN5O2.HI/c1-16-8-9-17(14-19(16)24)22(30)26-11-12-27-23(25-2)28-18-10-13-29(15-18)20-6-4-5-7-21(20)31-3;/h4-9,14,18H,10-13,15H2,1-3H3,(H,26,30)(H2,25,27,28);1H. The molecule has 7 nitrogen and oxygen atoms in total. The molecule has 3 N–H and O–H groups in total. The summed E-state index contributed by atoms with van der Waals surface area (Å²) in [6.45, 7) is 4.34. The Bertz CT molecular complexity index is 940. The molecule has 1 fully saturated rings. The summed E-state index contributed by atoms with van der Waals surface area (Å²) >= 11 is 0. The maximum Gasteiger partial charge on any atom is 0.251 e.